The maximum absolute atomic E-state index is 11.7. The summed E-state index contributed by atoms with van der Waals surface area (Å²) in [6.07, 6.45) is 0.0782. The number of nitrogens with zero attached hydrogens (tertiary/aromatic N) is 2. The van der Waals surface area contributed by atoms with Gasteiger partial charge in [-0.25, -0.2) is 0 Å². The van der Waals surface area contributed by atoms with Crippen LogP contribution in [0.4, 0.5) is 11.4 Å². The third kappa shape index (κ3) is 4.37. The Hall–Kier alpha value is -2.46. The lowest BCUT2D eigenvalue weighted by atomic mass is 10.0. The summed E-state index contributed by atoms with van der Waals surface area (Å²) >= 11 is 0. The van der Waals surface area contributed by atoms with Crippen LogP contribution in [0.2, 0.25) is 0 Å². The number of nitro groups is 1. The molecule has 1 aromatic carbocycles. The Balaban J connectivity index is 2.94. The number of nitrogens with one attached hydrogen (secondary N) is 1. The highest BCUT2D eigenvalue weighted by Crippen LogP contribution is 2.21. The molecule has 19 heavy (non-hydrogen) atoms. The Morgan fingerprint density at radius 2 is 2.21 bits per heavy atom. The zero-order valence-corrected chi connectivity index (χ0v) is 10.6. The molecule has 0 saturated heterocycles. The van der Waals surface area contributed by atoms with Gasteiger partial charge in [0, 0.05) is 24.1 Å². The van der Waals surface area contributed by atoms with Gasteiger partial charge in [0.15, 0.2) is 0 Å². The van der Waals surface area contributed by atoms with E-state index in [2.05, 4.69) is 5.32 Å². The Bertz CT molecular complexity index is 555. The number of rotatable bonds is 4. The van der Waals surface area contributed by atoms with Gasteiger partial charge >= 0.3 is 0 Å². The van der Waals surface area contributed by atoms with Gasteiger partial charge in [-0.3, -0.25) is 14.9 Å². The molecule has 0 aliphatic rings. The molecule has 0 aliphatic heterocycles. The van der Waals surface area contributed by atoms with E-state index < -0.39 is 10.5 Å². The summed E-state index contributed by atoms with van der Waals surface area (Å²) < 4.78 is 0. The molecule has 0 heterocycles. The minimum Gasteiger partial charge on any atom is -0.325 e. The maximum Gasteiger partial charge on any atom is 0.270 e. The third-order valence-electron chi connectivity index (χ3n) is 2.22. The third-order valence-corrected chi connectivity index (χ3v) is 2.22. The molecule has 0 fully saturated rings. The van der Waals surface area contributed by atoms with Crippen molar-refractivity contribution in [2.24, 2.45) is 5.73 Å². The van der Waals surface area contributed by atoms with Crippen LogP contribution in [0, 0.1) is 21.4 Å². The van der Waals surface area contributed by atoms with Gasteiger partial charge in [0.2, 0.25) is 5.91 Å². The van der Waals surface area contributed by atoms with Gasteiger partial charge in [-0.05, 0) is 19.9 Å². The molecule has 7 nitrogen and oxygen atoms in total. The van der Waals surface area contributed by atoms with Crippen molar-refractivity contribution in [2.75, 3.05) is 5.32 Å². The number of nitro benzene ring substituents is 1. The Morgan fingerprint density at radius 3 is 2.68 bits per heavy atom. The van der Waals surface area contributed by atoms with Crippen LogP contribution in [0.25, 0.3) is 0 Å². The quantitative estimate of drug-likeness (QED) is 0.629. The first-order valence-electron chi connectivity index (χ1n) is 5.50. The van der Waals surface area contributed by atoms with Crippen LogP contribution in [-0.4, -0.2) is 16.4 Å². The number of anilines is 1. The second-order valence-corrected chi connectivity index (χ2v) is 4.81. The minimum atomic E-state index is -0.669. The zero-order chi connectivity index (χ0) is 14.6. The second kappa shape index (κ2) is 5.46. The average molecular weight is 262 g/mol. The molecule has 0 spiro atoms. The first kappa shape index (κ1) is 14.6. The number of hydrogen-bond acceptors (Lipinski definition) is 5. The Kier molecular flexibility index (Phi) is 4.19. The molecule has 0 atom stereocenters. The number of hydrogen-bond donors (Lipinski definition) is 2. The highest BCUT2D eigenvalue weighted by atomic mass is 16.6. The predicted octanol–water partition coefficient (Wildman–Crippen LogP) is 1.53. The number of amides is 1. The van der Waals surface area contributed by atoms with Crippen LogP contribution < -0.4 is 11.1 Å². The van der Waals surface area contributed by atoms with Crippen molar-refractivity contribution in [2.45, 2.75) is 25.8 Å². The molecule has 0 radical (unpaired) electrons. The molecule has 3 N–H and O–H groups in total. The molecule has 0 unspecified atom stereocenters. The highest BCUT2D eigenvalue weighted by molar-refractivity contribution is 5.93. The summed E-state index contributed by atoms with van der Waals surface area (Å²) in [6.45, 7) is 3.40. The van der Waals surface area contributed by atoms with Gasteiger partial charge in [-0.2, -0.15) is 5.26 Å². The van der Waals surface area contributed by atoms with E-state index in [1.807, 2.05) is 6.07 Å². The van der Waals surface area contributed by atoms with E-state index in [4.69, 9.17) is 11.0 Å². The second-order valence-electron chi connectivity index (χ2n) is 4.81. The van der Waals surface area contributed by atoms with Gasteiger partial charge in [0.25, 0.3) is 5.69 Å². The Morgan fingerprint density at radius 1 is 1.58 bits per heavy atom. The number of nitriles is 1. The lowest BCUT2D eigenvalue weighted by Gasteiger charge is -2.17. The number of non-ortho nitro benzene ring substituents is 1. The summed E-state index contributed by atoms with van der Waals surface area (Å²) in [6, 6.07) is 5.48. The van der Waals surface area contributed by atoms with Crippen LogP contribution in [0.1, 0.15) is 25.8 Å². The molecule has 7 heteroatoms. The van der Waals surface area contributed by atoms with E-state index in [0.29, 0.717) is 0 Å². The van der Waals surface area contributed by atoms with Crippen molar-refractivity contribution in [3.05, 3.63) is 33.9 Å². The van der Waals surface area contributed by atoms with Gasteiger partial charge in [0.05, 0.1) is 16.2 Å². The fourth-order valence-electron chi connectivity index (χ4n) is 1.46. The largest absolute Gasteiger partial charge is 0.325 e. The molecular formula is C12H14N4O3. The summed E-state index contributed by atoms with van der Waals surface area (Å²) in [5, 5.41) is 22.0. The molecule has 0 aliphatic carbocycles. The van der Waals surface area contributed by atoms with Gasteiger partial charge in [-0.1, -0.05) is 0 Å². The normalized spacial score (nSPS) is 10.6. The zero-order valence-electron chi connectivity index (χ0n) is 10.6. The van der Waals surface area contributed by atoms with Gasteiger partial charge in [0.1, 0.15) is 6.07 Å². The van der Waals surface area contributed by atoms with Crippen LogP contribution >= 0.6 is 0 Å². The van der Waals surface area contributed by atoms with Crippen molar-refractivity contribution < 1.29 is 9.72 Å². The van der Waals surface area contributed by atoms with Gasteiger partial charge in [-0.15, -0.1) is 0 Å². The predicted molar refractivity (Wildman–Crippen MR) is 69.3 cm³/mol. The van der Waals surface area contributed by atoms with Crippen LogP contribution in [0.5, 0.6) is 0 Å². The molecule has 1 aromatic rings. The topological polar surface area (TPSA) is 122 Å². The molecule has 0 bridgehead atoms. The van der Waals surface area contributed by atoms with Crippen molar-refractivity contribution in [1.29, 1.82) is 5.26 Å². The van der Waals surface area contributed by atoms with E-state index in [9.17, 15) is 14.9 Å². The first-order valence-corrected chi connectivity index (χ1v) is 5.50. The fourth-order valence-corrected chi connectivity index (χ4v) is 1.46. The summed E-state index contributed by atoms with van der Waals surface area (Å²) in [5.74, 6) is -0.349. The molecule has 1 rings (SSSR count). The molecule has 0 aromatic heterocycles. The monoisotopic (exact) mass is 262 g/mol. The molecule has 0 saturated carbocycles. The average Bonchev–Trinajstić information content (AvgIpc) is 2.26. The summed E-state index contributed by atoms with van der Waals surface area (Å²) in [7, 11) is 0. The van der Waals surface area contributed by atoms with E-state index in [1.165, 1.54) is 12.1 Å². The van der Waals surface area contributed by atoms with E-state index in [-0.39, 0.29) is 29.3 Å². The minimum absolute atomic E-state index is 0.0392. The van der Waals surface area contributed by atoms with Crippen molar-refractivity contribution >= 4 is 17.3 Å². The lowest BCUT2D eigenvalue weighted by Crippen LogP contribution is -2.36. The van der Waals surface area contributed by atoms with Crippen LogP contribution in [0.15, 0.2) is 18.2 Å². The number of nitrogens with two attached hydrogens (primary N) is 1. The summed E-state index contributed by atoms with van der Waals surface area (Å²) in [4.78, 5) is 21.7. The van der Waals surface area contributed by atoms with E-state index in [1.54, 1.807) is 13.8 Å². The van der Waals surface area contributed by atoms with Crippen LogP contribution in [-0.2, 0) is 4.79 Å². The first-order chi connectivity index (χ1) is 8.73. The SMILES string of the molecule is CC(C)(N)CC(=O)Nc1ccc([N+](=O)[O-])cc1C#N. The smallest absolute Gasteiger partial charge is 0.270 e. The molecule has 100 valence electrons. The fraction of sp³-hybridized carbons (Fsp3) is 0.333. The number of benzene rings is 1. The standard InChI is InChI=1S/C12H14N4O3/c1-12(2,14)6-11(17)15-10-4-3-9(16(18)19)5-8(10)7-13/h3-5H,6,14H2,1-2H3,(H,15,17). The van der Waals surface area contributed by atoms with Crippen LogP contribution in [0.3, 0.4) is 0 Å². The van der Waals surface area contributed by atoms with Crippen molar-refractivity contribution in [1.82, 2.24) is 0 Å². The number of carbonyl (C=O) groups excluding carboxylic acids is 1. The van der Waals surface area contributed by atoms with Gasteiger partial charge < -0.3 is 11.1 Å². The highest BCUT2D eigenvalue weighted by Gasteiger charge is 2.18. The van der Waals surface area contributed by atoms with Crippen molar-refractivity contribution in [3.63, 3.8) is 0 Å². The lowest BCUT2D eigenvalue weighted by molar-refractivity contribution is -0.384. The number of carbonyl (C=O) groups is 1. The van der Waals surface area contributed by atoms with Crippen molar-refractivity contribution in [3.8, 4) is 6.07 Å². The van der Waals surface area contributed by atoms with E-state index >= 15 is 0 Å². The molecule has 1 amide bonds. The Labute approximate surface area is 110 Å². The summed E-state index contributed by atoms with van der Waals surface area (Å²) in [5.41, 5.74) is 5.12. The molecular weight excluding hydrogens is 248 g/mol. The maximum atomic E-state index is 11.7. The van der Waals surface area contributed by atoms with E-state index in [0.717, 1.165) is 6.07 Å².